The smallest absolute Gasteiger partial charge is 0.232 e. The van der Waals surface area contributed by atoms with Gasteiger partial charge in [-0.25, -0.2) is 4.99 Å². The molecule has 0 radical (unpaired) electrons. The molecule has 50 valence electrons. The number of amides is 1. The van der Waals surface area contributed by atoms with Gasteiger partial charge < -0.3 is 0 Å². The van der Waals surface area contributed by atoms with E-state index in [2.05, 4.69) is 4.99 Å². The van der Waals surface area contributed by atoms with Gasteiger partial charge in [0.05, 0.1) is 0 Å². The van der Waals surface area contributed by atoms with E-state index >= 15 is 0 Å². The Hall–Kier alpha value is -1.44. The van der Waals surface area contributed by atoms with Gasteiger partial charge in [-0.1, -0.05) is 30.3 Å². The fourth-order valence-electron chi connectivity index (χ4n) is 0.656. The number of hydrogen-bond acceptors (Lipinski definition) is 1. The molecule has 1 amide bonds. The Kier molecular flexibility index (Phi) is 2.38. The summed E-state index contributed by atoms with van der Waals surface area (Å²) in [4.78, 5) is 13.2. The molecule has 2 nitrogen and oxygen atoms in total. The SMILES string of the molecule is O=C/N=C/c1ccccc1. The second-order valence-electron chi connectivity index (χ2n) is 1.79. The summed E-state index contributed by atoms with van der Waals surface area (Å²) in [5.74, 6) is 0. The summed E-state index contributed by atoms with van der Waals surface area (Å²) < 4.78 is 0. The third kappa shape index (κ3) is 1.82. The second-order valence-corrected chi connectivity index (χ2v) is 1.79. The van der Waals surface area contributed by atoms with E-state index in [1.807, 2.05) is 30.3 Å². The number of hydrogen-bond donors (Lipinski definition) is 0. The first kappa shape index (κ1) is 6.68. The predicted molar refractivity (Wildman–Crippen MR) is 40.1 cm³/mol. The first-order valence-electron chi connectivity index (χ1n) is 2.95. The van der Waals surface area contributed by atoms with Crippen molar-refractivity contribution in [3.63, 3.8) is 0 Å². The lowest BCUT2D eigenvalue weighted by Gasteiger charge is -1.85. The Morgan fingerprint density at radius 2 is 1.90 bits per heavy atom. The molecular formula is C8H7NO. The lowest BCUT2D eigenvalue weighted by atomic mass is 10.2. The van der Waals surface area contributed by atoms with Crippen molar-refractivity contribution in [2.45, 2.75) is 0 Å². The maximum Gasteiger partial charge on any atom is 0.232 e. The van der Waals surface area contributed by atoms with E-state index in [1.165, 1.54) is 6.21 Å². The summed E-state index contributed by atoms with van der Waals surface area (Å²) in [6, 6.07) is 9.47. The van der Waals surface area contributed by atoms with Gasteiger partial charge in [0.15, 0.2) is 0 Å². The van der Waals surface area contributed by atoms with Gasteiger partial charge in [-0.05, 0) is 5.56 Å². The summed E-state index contributed by atoms with van der Waals surface area (Å²) in [5, 5.41) is 0. The Balaban J connectivity index is 2.76. The van der Waals surface area contributed by atoms with E-state index in [0.29, 0.717) is 6.41 Å². The van der Waals surface area contributed by atoms with E-state index in [4.69, 9.17) is 0 Å². The summed E-state index contributed by atoms with van der Waals surface area (Å²) in [6.07, 6.45) is 2.04. The average molecular weight is 133 g/mol. The minimum Gasteiger partial charge on any atom is -0.276 e. The zero-order valence-electron chi connectivity index (χ0n) is 5.40. The van der Waals surface area contributed by atoms with E-state index in [-0.39, 0.29) is 0 Å². The molecule has 0 aromatic heterocycles. The maximum atomic E-state index is 9.78. The molecule has 0 saturated heterocycles. The monoisotopic (exact) mass is 133 g/mol. The molecule has 1 aromatic carbocycles. The van der Waals surface area contributed by atoms with Crippen molar-refractivity contribution >= 4 is 12.6 Å². The lowest BCUT2D eigenvalue weighted by molar-refractivity contribution is -0.106. The molecule has 0 fully saturated rings. The molecule has 0 aliphatic carbocycles. The molecule has 1 aromatic rings. The van der Waals surface area contributed by atoms with Gasteiger partial charge >= 0.3 is 0 Å². The van der Waals surface area contributed by atoms with Crippen LogP contribution in [0.5, 0.6) is 0 Å². The minimum absolute atomic E-state index is 0.521. The third-order valence-corrected chi connectivity index (χ3v) is 1.08. The highest BCUT2D eigenvalue weighted by Gasteiger charge is 1.80. The molecule has 0 saturated carbocycles. The van der Waals surface area contributed by atoms with Crippen LogP contribution in [0.2, 0.25) is 0 Å². The molecule has 0 aliphatic heterocycles. The molecule has 0 unspecified atom stereocenters. The molecule has 0 atom stereocenters. The van der Waals surface area contributed by atoms with Crippen molar-refractivity contribution in [3.05, 3.63) is 35.9 Å². The molecule has 0 aliphatic rings. The molecule has 10 heavy (non-hydrogen) atoms. The number of rotatable bonds is 2. The van der Waals surface area contributed by atoms with Crippen molar-refractivity contribution in [2.24, 2.45) is 4.99 Å². The minimum atomic E-state index is 0.521. The molecular weight excluding hydrogens is 126 g/mol. The van der Waals surface area contributed by atoms with Gasteiger partial charge in [-0.3, -0.25) is 4.79 Å². The standard InChI is InChI=1S/C8H7NO/c10-7-9-6-8-4-2-1-3-5-8/h1-7H/b9-6+. The van der Waals surface area contributed by atoms with Crippen LogP contribution in [0.25, 0.3) is 0 Å². The van der Waals surface area contributed by atoms with Gasteiger partial charge in [0, 0.05) is 6.21 Å². The fraction of sp³-hybridized carbons (Fsp3) is 0. The molecule has 2 heteroatoms. The maximum absolute atomic E-state index is 9.78. The van der Waals surface area contributed by atoms with E-state index in [1.54, 1.807) is 0 Å². The summed E-state index contributed by atoms with van der Waals surface area (Å²) in [5.41, 5.74) is 0.939. The molecule has 0 N–H and O–H groups in total. The molecule has 1 rings (SSSR count). The fourth-order valence-corrected chi connectivity index (χ4v) is 0.656. The normalized spacial score (nSPS) is 10.0. The Bertz CT molecular complexity index is 228. The predicted octanol–water partition coefficient (Wildman–Crippen LogP) is 1.26. The van der Waals surface area contributed by atoms with Crippen LogP contribution in [0.1, 0.15) is 5.56 Å². The molecule has 0 spiro atoms. The Morgan fingerprint density at radius 3 is 2.50 bits per heavy atom. The van der Waals surface area contributed by atoms with Gasteiger partial charge in [0.25, 0.3) is 0 Å². The van der Waals surface area contributed by atoms with Crippen molar-refractivity contribution < 1.29 is 4.79 Å². The number of benzene rings is 1. The lowest BCUT2D eigenvalue weighted by Crippen LogP contribution is -1.77. The van der Waals surface area contributed by atoms with Crippen LogP contribution in [-0.2, 0) is 4.79 Å². The summed E-state index contributed by atoms with van der Waals surface area (Å²) in [7, 11) is 0. The number of carbonyl (C=O) groups excluding carboxylic acids is 1. The van der Waals surface area contributed by atoms with Gasteiger partial charge in [0.1, 0.15) is 0 Å². The zero-order valence-corrected chi connectivity index (χ0v) is 5.40. The number of nitrogens with zero attached hydrogens (tertiary/aromatic N) is 1. The van der Waals surface area contributed by atoms with Gasteiger partial charge in [-0.2, -0.15) is 0 Å². The van der Waals surface area contributed by atoms with Crippen LogP contribution in [0.4, 0.5) is 0 Å². The van der Waals surface area contributed by atoms with Crippen LogP contribution in [0, 0.1) is 0 Å². The average Bonchev–Trinajstić information content (AvgIpc) is 2.03. The first-order valence-corrected chi connectivity index (χ1v) is 2.95. The van der Waals surface area contributed by atoms with Crippen molar-refractivity contribution in [3.8, 4) is 0 Å². The van der Waals surface area contributed by atoms with Crippen LogP contribution in [0.3, 0.4) is 0 Å². The Labute approximate surface area is 59.2 Å². The van der Waals surface area contributed by atoms with E-state index in [0.717, 1.165) is 5.56 Å². The van der Waals surface area contributed by atoms with Gasteiger partial charge in [-0.15, -0.1) is 0 Å². The molecule has 0 heterocycles. The van der Waals surface area contributed by atoms with Crippen LogP contribution >= 0.6 is 0 Å². The van der Waals surface area contributed by atoms with Crippen LogP contribution in [-0.4, -0.2) is 12.6 Å². The topological polar surface area (TPSA) is 29.4 Å². The largest absolute Gasteiger partial charge is 0.276 e. The highest BCUT2D eigenvalue weighted by molar-refractivity contribution is 5.84. The number of carbonyl (C=O) groups is 1. The van der Waals surface area contributed by atoms with E-state index in [9.17, 15) is 4.79 Å². The Morgan fingerprint density at radius 1 is 1.20 bits per heavy atom. The highest BCUT2D eigenvalue weighted by atomic mass is 16.1. The van der Waals surface area contributed by atoms with Crippen LogP contribution in [0.15, 0.2) is 35.3 Å². The quantitative estimate of drug-likeness (QED) is 0.441. The van der Waals surface area contributed by atoms with Crippen LogP contribution < -0.4 is 0 Å². The van der Waals surface area contributed by atoms with Crippen molar-refractivity contribution in [1.29, 1.82) is 0 Å². The summed E-state index contributed by atoms with van der Waals surface area (Å²) in [6.45, 7) is 0. The molecule has 0 bridgehead atoms. The van der Waals surface area contributed by atoms with Crippen molar-refractivity contribution in [2.75, 3.05) is 0 Å². The second kappa shape index (κ2) is 3.56. The third-order valence-electron chi connectivity index (χ3n) is 1.08. The van der Waals surface area contributed by atoms with Crippen molar-refractivity contribution in [1.82, 2.24) is 0 Å². The first-order chi connectivity index (χ1) is 4.93. The highest BCUT2D eigenvalue weighted by Crippen LogP contribution is 1.92. The number of aliphatic imine (C=N–C) groups is 1. The van der Waals surface area contributed by atoms with Gasteiger partial charge in [0.2, 0.25) is 6.41 Å². The summed E-state index contributed by atoms with van der Waals surface area (Å²) >= 11 is 0. The zero-order chi connectivity index (χ0) is 7.23. The van der Waals surface area contributed by atoms with E-state index < -0.39 is 0 Å².